The maximum atomic E-state index is 5.87. The lowest BCUT2D eigenvalue weighted by molar-refractivity contribution is 0.265. The molecule has 1 heteroatoms. The van der Waals surface area contributed by atoms with Gasteiger partial charge in [-0.2, -0.15) is 0 Å². The Morgan fingerprint density at radius 1 is 1.50 bits per heavy atom. The van der Waals surface area contributed by atoms with Gasteiger partial charge < -0.3 is 5.73 Å². The summed E-state index contributed by atoms with van der Waals surface area (Å²) in [6.45, 7) is 5.54. The van der Waals surface area contributed by atoms with Crippen LogP contribution in [0, 0.1) is 11.3 Å². The van der Waals surface area contributed by atoms with Crippen molar-refractivity contribution < 1.29 is 0 Å². The Bertz CT molecular complexity index is 133. The molecule has 0 aromatic carbocycles. The minimum atomic E-state index is 0.537. The van der Waals surface area contributed by atoms with Crippen LogP contribution in [-0.4, -0.2) is 6.54 Å². The van der Waals surface area contributed by atoms with Crippen LogP contribution in [-0.2, 0) is 0 Å². The maximum absolute atomic E-state index is 5.87. The molecule has 1 aliphatic rings. The molecular formula is C11H23N. The Morgan fingerprint density at radius 2 is 2.25 bits per heavy atom. The van der Waals surface area contributed by atoms with Crippen LogP contribution in [0.15, 0.2) is 0 Å². The van der Waals surface area contributed by atoms with Crippen molar-refractivity contribution in [2.24, 2.45) is 17.1 Å². The summed E-state index contributed by atoms with van der Waals surface area (Å²) in [7, 11) is 0. The Kier molecular flexibility index (Phi) is 3.57. The summed E-state index contributed by atoms with van der Waals surface area (Å²) in [5.41, 5.74) is 6.41. The van der Waals surface area contributed by atoms with Crippen molar-refractivity contribution in [3.8, 4) is 0 Å². The quantitative estimate of drug-likeness (QED) is 0.688. The summed E-state index contributed by atoms with van der Waals surface area (Å²) in [4.78, 5) is 0. The molecule has 0 radical (unpaired) electrons. The van der Waals surface area contributed by atoms with E-state index in [9.17, 15) is 0 Å². The third kappa shape index (κ3) is 2.22. The molecule has 0 amide bonds. The summed E-state index contributed by atoms with van der Waals surface area (Å²) in [6.07, 6.45) is 8.21. The highest BCUT2D eigenvalue weighted by Gasteiger charge is 2.35. The van der Waals surface area contributed by atoms with E-state index in [0.29, 0.717) is 5.41 Å². The van der Waals surface area contributed by atoms with Crippen LogP contribution in [0.3, 0.4) is 0 Å². The number of unbranched alkanes of at least 4 members (excludes halogenated alkanes) is 1. The Balaban J connectivity index is 2.41. The van der Waals surface area contributed by atoms with Crippen molar-refractivity contribution in [3.63, 3.8) is 0 Å². The second-order valence-corrected chi connectivity index (χ2v) is 4.66. The third-order valence-electron chi connectivity index (χ3n) is 3.44. The zero-order valence-electron chi connectivity index (χ0n) is 8.60. The van der Waals surface area contributed by atoms with Crippen molar-refractivity contribution in [1.82, 2.24) is 0 Å². The van der Waals surface area contributed by atoms with Gasteiger partial charge in [-0.25, -0.2) is 0 Å². The van der Waals surface area contributed by atoms with Crippen LogP contribution in [0.5, 0.6) is 0 Å². The van der Waals surface area contributed by atoms with Crippen molar-refractivity contribution >= 4 is 0 Å². The molecule has 1 fully saturated rings. The monoisotopic (exact) mass is 169 g/mol. The predicted molar refractivity (Wildman–Crippen MR) is 54.0 cm³/mol. The van der Waals surface area contributed by atoms with Gasteiger partial charge in [-0.05, 0) is 37.1 Å². The topological polar surface area (TPSA) is 26.0 Å². The summed E-state index contributed by atoms with van der Waals surface area (Å²) in [5, 5.41) is 0. The van der Waals surface area contributed by atoms with E-state index >= 15 is 0 Å². The van der Waals surface area contributed by atoms with E-state index in [2.05, 4.69) is 13.8 Å². The molecule has 2 N–H and O–H groups in total. The van der Waals surface area contributed by atoms with Gasteiger partial charge in [0.1, 0.15) is 0 Å². The normalized spacial score (nSPS) is 35.8. The number of rotatable bonds is 4. The lowest BCUT2D eigenvalue weighted by Crippen LogP contribution is -2.27. The molecule has 0 heterocycles. The molecule has 2 atom stereocenters. The van der Waals surface area contributed by atoms with Gasteiger partial charge in [0.05, 0.1) is 0 Å². The average Bonchev–Trinajstić information content (AvgIpc) is 2.45. The summed E-state index contributed by atoms with van der Waals surface area (Å²) >= 11 is 0. The van der Waals surface area contributed by atoms with E-state index in [4.69, 9.17) is 5.73 Å². The standard InChI is InChI=1S/C11H23N/c1-3-4-6-11(9-12)7-5-10(2)8-11/h10H,3-9,12H2,1-2H3. The molecule has 1 nitrogen and oxygen atoms in total. The number of hydrogen-bond donors (Lipinski definition) is 1. The smallest absolute Gasteiger partial charge is 0.00204 e. The van der Waals surface area contributed by atoms with E-state index in [1.165, 1.54) is 38.5 Å². The highest BCUT2D eigenvalue weighted by Crippen LogP contribution is 2.44. The van der Waals surface area contributed by atoms with Gasteiger partial charge in [0.15, 0.2) is 0 Å². The Morgan fingerprint density at radius 3 is 2.67 bits per heavy atom. The molecule has 0 aliphatic heterocycles. The number of hydrogen-bond acceptors (Lipinski definition) is 1. The number of nitrogens with two attached hydrogens (primary N) is 1. The third-order valence-corrected chi connectivity index (χ3v) is 3.44. The molecule has 0 aromatic heterocycles. The minimum absolute atomic E-state index is 0.537. The van der Waals surface area contributed by atoms with Crippen LogP contribution < -0.4 is 5.73 Å². The molecule has 12 heavy (non-hydrogen) atoms. The second-order valence-electron chi connectivity index (χ2n) is 4.66. The molecule has 1 saturated carbocycles. The molecule has 1 rings (SSSR count). The lowest BCUT2D eigenvalue weighted by atomic mass is 9.80. The van der Waals surface area contributed by atoms with Gasteiger partial charge in [-0.1, -0.05) is 33.1 Å². The molecule has 0 aromatic rings. The van der Waals surface area contributed by atoms with Crippen LogP contribution in [0.25, 0.3) is 0 Å². The fourth-order valence-corrected chi connectivity index (χ4v) is 2.56. The van der Waals surface area contributed by atoms with Gasteiger partial charge in [0, 0.05) is 0 Å². The van der Waals surface area contributed by atoms with E-state index in [-0.39, 0.29) is 0 Å². The largest absolute Gasteiger partial charge is 0.330 e. The first-order valence-corrected chi connectivity index (χ1v) is 5.42. The summed E-state index contributed by atoms with van der Waals surface area (Å²) < 4.78 is 0. The first-order valence-electron chi connectivity index (χ1n) is 5.42. The van der Waals surface area contributed by atoms with E-state index in [1.54, 1.807) is 0 Å². The second kappa shape index (κ2) is 4.27. The maximum Gasteiger partial charge on any atom is -0.00204 e. The molecule has 72 valence electrons. The van der Waals surface area contributed by atoms with Crippen molar-refractivity contribution in [1.29, 1.82) is 0 Å². The van der Waals surface area contributed by atoms with Crippen LogP contribution in [0.1, 0.15) is 52.4 Å². The Hall–Kier alpha value is -0.0400. The fourth-order valence-electron chi connectivity index (χ4n) is 2.56. The molecule has 0 saturated heterocycles. The lowest BCUT2D eigenvalue weighted by Gasteiger charge is -2.27. The fraction of sp³-hybridized carbons (Fsp3) is 1.00. The van der Waals surface area contributed by atoms with E-state index in [1.807, 2.05) is 0 Å². The molecular weight excluding hydrogens is 146 g/mol. The molecule has 1 aliphatic carbocycles. The highest BCUT2D eigenvalue weighted by molar-refractivity contribution is 4.88. The minimum Gasteiger partial charge on any atom is -0.330 e. The van der Waals surface area contributed by atoms with Gasteiger partial charge in [-0.3, -0.25) is 0 Å². The summed E-state index contributed by atoms with van der Waals surface area (Å²) in [6, 6.07) is 0. The van der Waals surface area contributed by atoms with Crippen LogP contribution in [0.4, 0.5) is 0 Å². The zero-order chi connectivity index (χ0) is 9.03. The highest BCUT2D eigenvalue weighted by atomic mass is 14.6. The van der Waals surface area contributed by atoms with Crippen molar-refractivity contribution in [3.05, 3.63) is 0 Å². The van der Waals surface area contributed by atoms with Gasteiger partial charge in [0.2, 0.25) is 0 Å². The Labute approximate surface area is 76.7 Å². The molecule has 0 bridgehead atoms. The van der Waals surface area contributed by atoms with Gasteiger partial charge in [0.25, 0.3) is 0 Å². The SMILES string of the molecule is CCCCC1(CN)CCC(C)C1. The van der Waals surface area contributed by atoms with Crippen LogP contribution in [0.2, 0.25) is 0 Å². The first-order chi connectivity index (χ1) is 5.72. The summed E-state index contributed by atoms with van der Waals surface area (Å²) in [5.74, 6) is 0.922. The zero-order valence-corrected chi connectivity index (χ0v) is 8.60. The van der Waals surface area contributed by atoms with Gasteiger partial charge in [-0.15, -0.1) is 0 Å². The van der Waals surface area contributed by atoms with E-state index in [0.717, 1.165) is 12.5 Å². The van der Waals surface area contributed by atoms with Crippen molar-refractivity contribution in [2.75, 3.05) is 6.54 Å². The van der Waals surface area contributed by atoms with E-state index < -0.39 is 0 Å². The van der Waals surface area contributed by atoms with Crippen molar-refractivity contribution in [2.45, 2.75) is 52.4 Å². The molecule has 0 spiro atoms. The van der Waals surface area contributed by atoms with Crippen LogP contribution >= 0.6 is 0 Å². The first kappa shape index (κ1) is 10.0. The van der Waals surface area contributed by atoms with Gasteiger partial charge >= 0.3 is 0 Å². The molecule has 2 unspecified atom stereocenters. The average molecular weight is 169 g/mol. The predicted octanol–water partition coefficient (Wildman–Crippen LogP) is 2.94.